The summed E-state index contributed by atoms with van der Waals surface area (Å²) in [6, 6.07) is 7.49. The number of hydrogen-bond donors (Lipinski definition) is 2. The zero-order valence-corrected chi connectivity index (χ0v) is 14.5. The van der Waals surface area contributed by atoms with Gasteiger partial charge in [-0.3, -0.25) is 4.79 Å². The molecule has 25 heavy (non-hydrogen) atoms. The summed E-state index contributed by atoms with van der Waals surface area (Å²) in [5.41, 5.74) is -0.401. The zero-order chi connectivity index (χ0) is 18.4. The summed E-state index contributed by atoms with van der Waals surface area (Å²) in [5.74, 6) is -2.41. The van der Waals surface area contributed by atoms with Crippen molar-refractivity contribution in [2.75, 3.05) is 13.2 Å². The van der Waals surface area contributed by atoms with Gasteiger partial charge in [-0.05, 0) is 25.5 Å². The Labute approximate surface area is 145 Å². The Morgan fingerprint density at radius 2 is 1.80 bits per heavy atom. The molecule has 7 nitrogen and oxygen atoms in total. The maximum absolute atomic E-state index is 12.7. The summed E-state index contributed by atoms with van der Waals surface area (Å²) < 4.78 is 10.2. The van der Waals surface area contributed by atoms with Gasteiger partial charge in [0.2, 0.25) is 11.9 Å². The molecule has 1 atom stereocenters. The molecule has 2 rings (SSSR count). The normalized spacial score (nSPS) is 12.4. The second-order valence-corrected chi connectivity index (χ2v) is 5.52. The van der Waals surface area contributed by atoms with Crippen molar-refractivity contribution in [3.8, 4) is 0 Å². The van der Waals surface area contributed by atoms with Crippen LogP contribution >= 0.6 is 0 Å². The number of fused-ring (bicyclic) bond motifs is 1. The number of esters is 2. The average Bonchev–Trinajstić information content (AvgIpc) is 3.03. The number of hydrogen-bond acceptors (Lipinski definition) is 5. The number of benzene rings is 1. The van der Waals surface area contributed by atoms with Crippen molar-refractivity contribution in [2.45, 2.75) is 32.2 Å². The second-order valence-electron chi connectivity index (χ2n) is 5.52. The van der Waals surface area contributed by atoms with E-state index in [1.165, 1.54) is 0 Å². The lowest BCUT2D eigenvalue weighted by Gasteiger charge is -2.33. The molecule has 7 heteroatoms. The third-order valence-corrected chi connectivity index (χ3v) is 4.22. The Morgan fingerprint density at radius 3 is 2.36 bits per heavy atom. The van der Waals surface area contributed by atoms with Crippen molar-refractivity contribution in [3.05, 3.63) is 36.0 Å². The summed E-state index contributed by atoms with van der Waals surface area (Å²) in [7, 11) is 0. The number of aromatic nitrogens is 1. The van der Waals surface area contributed by atoms with Crippen molar-refractivity contribution in [1.82, 2.24) is 10.3 Å². The van der Waals surface area contributed by atoms with Crippen LogP contribution in [0.4, 0.5) is 0 Å². The summed E-state index contributed by atoms with van der Waals surface area (Å²) >= 11 is 0. The molecule has 1 heterocycles. The number of para-hydroxylation sites is 1. The van der Waals surface area contributed by atoms with E-state index in [2.05, 4.69) is 10.3 Å². The van der Waals surface area contributed by atoms with E-state index in [1.807, 2.05) is 24.3 Å². The van der Waals surface area contributed by atoms with E-state index < -0.39 is 23.4 Å². The van der Waals surface area contributed by atoms with Crippen molar-refractivity contribution in [2.24, 2.45) is 0 Å². The number of nitrogens with one attached hydrogen (secondary N) is 2. The number of carbonyl (C=O) groups is 3. The molecule has 0 saturated carbocycles. The van der Waals surface area contributed by atoms with E-state index in [-0.39, 0.29) is 13.2 Å². The Morgan fingerprint density at radius 1 is 1.20 bits per heavy atom. The lowest BCUT2D eigenvalue weighted by atomic mass is 9.80. The summed E-state index contributed by atoms with van der Waals surface area (Å²) in [6.07, 6.45) is 2.04. The molecule has 0 aliphatic rings. The predicted octanol–water partition coefficient (Wildman–Crippen LogP) is 1.88. The number of H-pyrrole nitrogens is 1. The number of rotatable bonds is 8. The maximum atomic E-state index is 12.7. The topological polar surface area (TPSA) is 97.5 Å². The molecule has 134 valence electrons. The number of aromatic amines is 1. The van der Waals surface area contributed by atoms with Crippen LogP contribution in [0.1, 0.15) is 32.3 Å². The fourth-order valence-corrected chi connectivity index (χ4v) is 2.95. The molecular formula is C18H22N2O5. The van der Waals surface area contributed by atoms with Gasteiger partial charge < -0.3 is 19.8 Å². The third-order valence-electron chi connectivity index (χ3n) is 4.22. The van der Waals surface area contributed by atoms with Crippen LogP contribution in [0.25, 0.3) is 10.9 Å². The van der Waals surface area contributed by atoms with Gasteiger partial charge in [0.25, 0.3) is 0 Å². The third kappa shape index (κ3) is 3.22. The molecule has 0 spiro atoms. The van der Waals surface area contributed by atoms with Crippen LogP contribution in [0.2, 0.25) is 0 Å². The maximum Gasteiger partial charge on any atom is 0.344 e. The molecule has 0 fully saturated rings. The fourth-order valence-electron chi connectivity index (χ4n) is 2.95. The first kappa shape index (κ1) is 18.5. The smallest absolute Gasteiger partial charge is 0.344 e. The van der Waals surface area contributed by atoms with Gasteiger partial charge in [-0.1, -0.05) is 25.1 Å². The van der Waals surface area contributed by atoms with Crippen LogP contribution in [-0.2, 0) is 23.9 Å². The van der Waals surface area contributed by atoms with Gasteiger partial charge in [0, 0.05) is 23.0 Å². The molecule has 0 radical (unpaired) electrons. The van der Waals surface area contributed by atoms with Gasteiger partial charge in [0.15, 0.2) is 0 Å². The van der Waals surface area contributed by atoms with Crippen LogP contribution in [0.5, 0.6) is 0 Å². The summed E-state index contributed by atoms with van der Waals surface area (Å²) in [6.45, 7) is 5.08. The van der Waals surface area contributed by atoms with E-state index in [0.29, 0.717) is 12.0 Å². The lowest BCUT2D eigenvalue weighted by Crippen LogP contribution is -2.62. The molecule has 0 saturated heterocycles. The van der Waals surface area contributed by atoms with Crippen molar-refractivity contribution >= 4 is 29.3 Å². The lowest BCUT2D eigenvalue weighted by molar-refractivity contribution is -0.168. The molecule has 1 unspecified atom stereocenters. The second kappa shape index (κ2) is 7.83. The largest absolute Gasteiger partial charge is 0.464 e. The van der Waals surface area contributed by atoms with Gasteiger partial charge in [-0.15, -0.1) is 0 Å². The van der Waals surface area contributed by atoms with Crippen molar-refractivity contribution < 1.29 is 23.9 Å². The van der Waals surface area contributed by atoms with E-state index in [1.54, 1.807) is 27.0 Å². The summed E-state index contributed by atoms with van der Waals surface area (Å²) in [4.78, 5) is 39.7. The highest BCUT2D eigenvalue weighted by Crippen LogP contribution is 2.35. The first-order valence-corrected chi connectivity index (χ1v) is 8.14. The molecule has 1 aromatic carbocycles. The molecule has 1 aromatic heterocycles. The average molecular weight is 346 g/mol. The zero-order valence-electron chi connectivity index (χ0n) is 14.5. The minimum Gasteiger partial charge on any atom is -0.464 e. The first-order chi connectivity index (χ1) is 12.0. The van der Waals surface area contributed by atoms with Gasteiger partial charge in [0.1, 0.15) is 0 Å². The van der Waals surface area contributed by atoms with E-state index >= 15 is 0 Å². The number of ether oxygens (including phenoxy) is 2. The summed E-state index contributed by atoms with van der Waals surface area (Å²) in [5, 5.41) is 3.22. The highest BCUT2D eigenvalue weighted by atomic mass is 16.6. The number of amides is 1. The molecule has 0 aliphatic carbocycles. The highest BCUT2D eigenvalue weighted by molar-refractivity contribution is 6.08. The highest BCUT2D eigenvalue weighted by Gasteiger charge is 2.54. The van der Waals surface area contributed by atoms with Crippen LogP contribution in [-0.4, -0.2) is 42.1 Å². The standard InChI is InChI=1S/C18H22N2O5/c1-4-24-16(22)18(20-11-21,17(23)25-5-2)12(3)14-10-19-15-9-7-6-8-13(14)15/h6-12,19H,4-5H2,1-3H3,(H,20,21). The Bertz CT molecular complexity index is 750. The van der Waals surface area contributed by atoms with Crippen LogP contribution < -0.4 is 5.32 Å². The number of carbonyl (C=O) groups excluding carboxylic acids is 3. The molecule has 2 N–H and O–H groups in total. The predicted molar refractivity (Wildman–Crippen MR) is 91.9 cm³/mol. The Hall–Kier alpha value is -2.83. The molecule has 2 aromatic rings. The molecule has 1 amide bonds. The minimum absolute atomic E-state index is 0.0706. The van der Waals surface area contributed by atoms with Crippen LogP contribution in [0.3, 0.4) is 0 Å². The van der Waals surface area contributed by atoms with Gasteiger partial charge in [-0.2, -0.15) is 0 Å². The van der Waals surface area contributed by atoms with E-state index in [0.717, 1.165) is 10.9 Å². The molecular weight excluding hydrogens is 324 g/mol. The fraction of sp³-hybridized carbons (Fsp3) is 0.389. The van der Waals surface area contributed by atoms with Crippen molar-refractivity contribution in [1.29, 1.82) is 0 Å². The van der Waals surface area contributed by atoms with Gasteiger partial charge >= 0.3 is 11.9 Å². The quantitative estimate of drug-likeness (QED) is 0.432. The Kier molecular flexibility index (Phi) is 5.80. The van der Waals surface area contributed by atoms with Crippen LogP contribution in [0, 0.1) is 0 Å². The molecule has 0 bridgehead atoms. The minimum atomic E-state index is -1.96. The van der Waals surface area contributed by atoms with Crippen molar-refractivity contribution in [3.63, 3.8) is 0 Å². The monoisotopic (exact) mass is 346 g/mol. The Balaban J connectivity index is 2.61. The van der Waals surface area contributed by atoms with E-state index in [9.17, 15) is 14.4 Å². The molecule has 0 aliphatic heterocycles. The van der Waals surface area contributed by atoms with Gasteiger partial charge in [-0.25, -0.2) is 9.59 Å². The van der Waals surface area contributed by atoms with E-state index in [4.69, 9.17) is 9.47 Å². The SMILES string of the molecule is CCOC(=O)C(NC=O)(C(=O)OCC)C(C)c1c[nH]c2ccccc12. The van der Waals surface area contributed by atoms with Gasteiger partial charge in [0.05, 0.1) is 13.2 Å². The van der Waals surface area contributed by atoms with Crippen LogP contribution in [0.15, 0.2) is 30.5 Å². The first-order valence-electron chi connectivity index (χ1n) is 8.14.